The summed E-state index contributed by atoms with van der Waals surface area (Å²) in [5.74, 6) is 0. The summed E-state index contributed by atoms with van der Waals surface area (Å²) in [7, 11) is -4.51. The molecule has 11 heavy (non-hydrogen) atoms. The van der Waals surface area contributed by atoms with E-state index in [9.17, 15) is 13.0 Å². The molecule has 0 bridgehead atoms. The molecule has 0 fully saturated rings. The molecule has 0 amide bonds. The van der Waals surface area contributed by atoms with E-state index in [1.807, 2.05) is 0 Å². The first kappa shape index (κ1) is 11.7. The number of rotatable bonds is 1. The minimum atomic E-state index is -4.51. The summed E-state index contributed by atoms with van der Waals surface area (Å²) >= 11 is 0. The molecule has 6 nitrogen and oxygen atoms in total. The molecule has 0 aromatic carbocycles. The van der Waals surface area contributed by atoms with Gasteiger partial charge in [0, 0.05) is 0 Å². The third-order valence-corrected chi connectivity index (χ3v) is 1.69. The minimum absolute atomic E-state index is 0. The molecule has 1 aromatic heterocycles. The predicted octanol–water partition coefficient (Wildman–Crippen LogP) is -3.71. The number of nitrogens with zero attached hydrogens (tertiary/aromatic N) is 2. The fourth-order valence-electron chi connectivity index (χ4n) is 0.450. The molecule has 0 saturated carbocycles. The largest absolute Gasteiger partial charge is 1.00 e. The van der Waals surface area contributed by atoms with Gasteiger partial charge in [-0.25, -0.2) is 13.0 Å². The van der Waals surface area contributed by atoms with Crippen molar-refractivity contribution in [1.29, 1.82) is 0 Å². The van der Waals surface area contributed by atoms with Gasteiger partial charge in [0.15, 0.2) is 0 Å². The van der Waals surface area contributed by atoms with Crippen molar-refractivity contribution < 1.29 is 69.0 Å². The van der Waals surface area contributed by atoms with Gasteiger partial charge >= 0.3 is 51.4 Å². The van der Waals surface area contributed by atoms with Gasteiger partial charge in [-0.05, 0) is 12.1 Å². The summed E-state index contributed by atoms with van der Waals surface area (Å²) < 4.78 is 34.6. The molecule has 0 aliphatic heterocycles. The van der Waals surface area contributed by atoms with Crippen LogP contribution in [0.3, 0.4) is 0 Å². The second kappa shape index (κ2) is 4.07. The fraction of sp³-hybridized carbons (Fsp3) is 0.333. The smallest absolute Gasteiger partial charge is 0.743 e. The Morgan fingerprint density at radius 3 is 2.18 bits per heavy atom. The van der Waals surface area contributed by atoms with Crippen molar-refractivity contribution in [1.82, 2.24) is 10.3 Å². The summed E-state index contributed by atoms with van der Waals surface area (Å²) in [5, 5.41) is 5.37. The van der Waals surface area contributed by atoms with E-state index in [4.69, 9.17) is 0 Å². The predicted molar refractivity (Wildman–Crippen MR) is 27.0 cm³/mol. The normalized spacial score (nSPS) is 10.7. The van der Waals surface area contributed by atoms with Crippen molar-refractivity contribution in [3.05, 3.63) is 5.69 Å². The molecule has 0 radical (unpaired) electrons. The van der Waals surface area contributed by atoms with Gasteiger partial charge in [0.05, 0.1) is 0 Å². The van der Waals surface area contributed by atoms with E-state index in [-0.39, 0.29) is 57.1 Å². The molecule has 0 aliphatic carbocycles. The zero-order valence-electron chi connectivity index (χ0n) is 5.94. The minimum Gasteiger partial charge on any atom is -0.743 e. The Kier molecular flexibility index (Phi) is 4.33. The van der Waals surface area contributed by atoms with Crippen LogP contribution in [0.2, 0.25) is 0 Å². The third-order valence-electron chi connectivity index (χ3n) is 0.848. The molecule has 0 spiro atoms. The summed E-state index contributed by atoms with van der Waals surface area (Å²) in [6.45, 7) is 1.32. The van der Waals surface area contributed by atoms with Crippen LogP contribution in [0.5, 0.6) is 0 Å². The van der Waals surface area contributed by atoms with E-state index in [1.165, 1.54) is 6.92 Å². The van der Waals surface area contributed by atoms with Crippen molar-refractivity contribution in [2.75, 3.05) is 0 Å². The van der Waals surface area contributed by atoms with Crippen molar-refractivity contribution in [3.63, 3.8) is 0 Å². The van der Waals surface area contributed by atoms with Gasteiger partial charge in [-0.15, -0.1) is 0 Å². The summed E-state index contributed by atoms with van der Waals surface area (Å²) in [6, 6.07) is 0. The Labute approximate surface area is 105 Å². The Bertz CT molecular complexity index is 331. The summed E-state index contributed by atoms with van der Waals surface area (Å²) in [6.07, 6.45) is 0. The van der Waals surface area contributed by atoms with Crippen molar-refractivity contribution in [2.24, 2.45) is 0 Å². The first-order chi connectivity index (χ1) is 4.52. The topological polar surface area (TPSA) is 96.1 Å². The van der Waals surface area contributed by atoms with E-state index >= 15 is 0 Å². The summed E-state index contributed by atoms with van der Waals surface area (Å²) in [4.78, 5) is 0. The average molecular weight is 202 g/mol. The maximum Gasteiger partial charge on any atom is 1.00 e. The van der Waals surface area contributed by atoms with Crippen molar-refractivity contribution in [2.45, 2.75) is 11.9 Å². The monoisotopic (exact) mass is 202 g/mol. The summed E-state index contributed by atoms with van der Waals surface area (Å²) in [5.41, 5.74) is -0.0185. The van der Waals surface area contributed by atoms with Crippen LogP contribution >= 0.6 is 0 Å². The molecule has 0 aliphatic rings. The van der Waals surface area contributed by atoms with Crippen LogP contribution in [-0.4, -0.2) is 23.3 Å². The van der Waals surface area contributed by atoms with Gasteiger partial charge in [0.1, 0.15) is 15.8 Å². The second-order valence-corrected chi connectivity index (χ2v) is 2.90. The molecule has 0 atom stereocenters. The molecule has 0 unspecified atom stereocenters. The Morgan fingerprint density at radius 1 is 1.45 bits per heavy atom. The van der Waals surface area contributed by atoms with Crippen LogP contribution in [0.15, 0.2) is 9.65 Å². The average Bonchev–Trinajstić information content (AvgIpc) is 2.11. The molecular weight excluding hydrogens is 199 g/mol. The Balaban J connectivity index is 0.000001000. The first-order valence-electron chi connectivity index (χ1n) is 2.27. The second-order valence-electron chi connectivity index (χ2n) is 1.61. The standard InChI is InChI=1S/C3H4N2O4S.K/c1-2-3(5-9-4-2)10(6,7)8;/h1H3,(H,6,7,8);/q;+1/p-1. The quantitative estimate of drug-likeness (QED) is 0.343. The maximum absolute atomic E-state index is 10.2. The molecule has 1 aromatic rings. The number of hydrogen-bond donors (Lipinski definition) is 0. The number of hydrogen-bond acceptors (Lipinski definition) is 6. The van der Waals surface area contributed by atoms with Crippen LogP contribution < -0.4 is 51.4 Å². The van der Waals surface area contributed by atoms with Crippen LogP contribution in [0.25, 0.3) is 0 Å². The molecule has 56 valence electrons. The Hall–Kier alpha value is 0.686. The van der Waals surface area contributed by atoms with E-state index in [0.717, 1.165) is 0 Å². The van der Waals surface area contributed by atoms with Crippen molar-refractivity contribution in [3.8, 4) is 0 Å². The van der Waals surface area contributed by atoms with Crippen LogP contribution in [0, 0.1) is 6.92 Å². The molecule has 1 rings (SSSR count). The molecule has 8 heteroatoms. The van der Waals surface area contributed by atoms with Crippen LogP contribution in [-0.2, 0) is 10.1 Å². The number of aryl methyl sites for hydroxylation is 1. The number of aromatic nitrogens is 2. The molecular formula is C3H3KN2O4S. The van der Waals surface area contributed by atoms with Crippen LogP contribution in [0.4, 0.5) is 0 Å². The SMILES string of the molecule is Cc1nonc1S(=O)(=O)[O-].[K+]. The van der Waals surface area contributed by atoms with Gasteiger partial charge in [-0.1, -0.05) is 5.16 Å². The van der Waals surface area contributed by atoms with E-state index in [2.05, 4.69) is 14.9 Å². The molecule has 0 saturated heterocycles. The first-order valence-corrected chi connectivity index (χ1v) is 3.67. The fourth-order valence-corrected chi connectivity index (χ4v) is 0.974. The molecule has 0 N–H and O–H groups in total. The van der Waals surface area contributed by atoms with Gasteiger partial charge < -0.3 is 4.55 Å². The van der Waals surface area contributed by atoms with E-state index < -0.39 is 15.1 Å². The van der Waals surface area contributed by atoms with Gasteiger partial charge in [0.25, 0.3) is 0 Å². The zero-order chi connectivity index (χ0) is 7.78. The van der Waals surface area contributed by atoms with Gasteiger partial charge in [-0.2, -0.15) is 0 Å². The van der Waals surface area contributed by atoms with Crippen molar-refractivity contribution >= 4 is 10.1 Å². The zero-order valence-corrected chi connectivity index (χ0v) is 9.88. The van der Waals surface area contributed by atoms with E-state index in [1.54, 1.807) is 0 Å². The van der Waals surface area contributed by atoms with Crippen LogP contribution in [0.1, 0.15) is 5.69 Å². The van der Waals surface area contributed by atoms with Gasteiger partial charge in [0.2, 0.25) is 5.03 Å². The van der Waals surface area contributed by atoms with E-state index in [0.29, 0.717) is 0 Å². The third kappa shape index (κ3) is 2.90. The van der Waals surface area contributed by atoms with Gasteiger partial charge in [-0.3, -0.25) is 0 Å². The maximum atomic E-state index is 10.2. The molecule has 1 heterocycles. The Morgan fingerprint density at radius 2 is 2.00 bits per heavy atom.